The van der Waals surface area contributed by atoms with Crippen LogP contribution in [0.4, 0.5) is 5.82 Å². The minimum absolute atomic E-state index is 0.203. The molecule has 0 bridgehead atoms. The number of aromatic amines is 1. The van der Waals surface area contributed by atoms with Crippen LogP contribution in [0.1, 0.15) is 25.7 Å². The summed E-state index contributed by atoms with van der Waals surface area (Å²) in [6, 6.07) is 2.25. The molecule has 3 aromatic heterocycles. The van der Waals surface area contributed by atoms with Gasteiger partial charge in [-0.25, -0.2) is 15.0 Å². The molecule has 2 aliphatic rings. The summed E-state index contributed by atoms with van der Waals surface area (Å²) < 4.78 is 3.07. The summed E-state index contributed by atoms with van der Waals surface area (Å²) in [7, 11) is 0. The van der Waals surface area contributed by atoms with Crippen molar-refractivity contribution in [3.8, 4) is 11.5 Å². The van der Waals surface area contributed by atoms with E-state index in [1.54, 1.807) is 29.5 Å². The zero-order valence-electron chi connectivity index (χ0n) is 14.8. The molecular weight excluding hydrogens is 346 g/mol. The van der Waals surface area contributed by atoms with E-state index in [1.165, 1.54) is 11.0 Å². The molecule has 27 heavy (non-hydrogen) atoms. The molecule has 4 heterocycles. The first-order valence-electron chi connectivity index (χ1n) is 9.26. The molecule has 9 nitrogen and oxygen atoms in total. The topological polar surface area (TPSA) is 105 Å². The van der Waals surface area contributed by atoms with Gasteiger partial charge in [-0.05, 0) is 31.6 Å². The quantitative estimate of drug-likeness (QED) is 0.712. The van der Waals surface area contributed by atoms with Crippen LogP contribution in [0.2, 0.25) is 0 Å². The standard InChI is InChI=1S/C18H21N7O2/c26-13-3-5-24(14-2-1-12(14)7-13)16-8-17(21-10-20-16)25-18(27)15(9-22-25)23-6-4-19-11-23/h4,6,8-14,22,26H,1-3,5,7H2/t12-,13-,14?/m0/s1. The molecule has 1 saturated heterocycles. The lowest BCUT2D eigenvalue weighted by molar-refractivity contribution is 0.118. The lowest BCUT2D eigenvalue weighted by Crippen LogP contribution is -2.46. The van der Waals surface area contributed by atoms with Gasteiger partial charge in [-0.1, -0.05) is 0 Å². The third kappa shape index (κ3) is 2.74. The summed E-state index contributed by atoms with van der Waals surface area (Å²) in [5, 5.41) is 13.1. The van der Waals surface area contributed by atoms with Crippen LogP contribution in [-0.4, -0.2) is 53.1 Å². The number of fused-ring (bicyclic) bond motifs is 1. The van der Waals surface area contributed by atoms with Gasteiger partial charge in [0.15, 0.2) is 5.82 Å². The van der Waals surface area contributed by atoms with Crippen LogP contribution < -0.4 is 10.5 Å². The maximum atomic E-state index is 12.8. The Hall–Kier alpha value is -2.94. The smallest absolute Gasteiger partial charge is 0.296 e. The molecule has 0 radical (unpaired) electrons. The minimum Gasteiger partial charge on any atom is -0.393 e. The predicted octanol–water partition coefficient (Wildman–Crippen LogP) is 0.881. The summed E-state index contributed by atoms with van der Waals surface area (Å²) >= 11 is 0. The van der Waals surface area contributed by atoms with Crippen LogP contribution >= 0.6 is 0 Å². The molecular formula is C18H21N7O2. The van der Waals surface area contributed by atoms with E-state index in [0.717, 1.165) is 38.0 Å². The molecule has 0 aromatic carbocycles. The lowest BCUT2D eigenvalue weighted by atomic mass is 9.76. The Balaban J connectivity index is 1.49. The average molecular weight is 367 g/mol. The third-order valence-corrected chi connectivity index (χ3v) is 5.75. The van der Waals surface area contributed by atoms with Crippen LogP contribution in [-0.2, 0) is 0 Å². The highest BCUT2D eigenvalue weighted by molar-refractivity contribution is 5.46. The normalized spacial score (nSPS) is 24.9. The number of hydrogen-bond acceptors (Lipinski definition) is 6. The van der Waals surface area contributed by atoms with Gasteiger partial charge in [-0.3, -0.25) is 14.5 Å². The van der Waals surface area contributed by atoms with Gasteiger partial charge < -0.3 is 10.0 Å². The van der Waals surface area contributed by atoms with Crippen molar-refractivity contribution in [2.75, 3.05) is 11.4 Å². The van der Waals surface area contributed by atoms with Crippen LogP contribution in [0.5, 0.6) is 0 Å². The van der Waals surface area contributed by atoms with E-state index in [4.69, 9.17) is 0 Å². The Kier molecular flexibility index (Phi) is 3.82. The number of rotatable bonds is 3. The molecule has 1 saturated carbocycles. The van der Waals surface area contributed by atoms with Gasteiger partial charge in [0.2, 0.25) is 0 Å². The maximum Gasteiger partial charge on any atom is 0.296 e. The van der Waals surface area contributed by atoms with Crippen molar-refractivity contribution in [2.45, 2.75) is 37.8 Å². The summed E-state index contributed by atoms with van der Waals surface area (Å²) in [6.07, 6.45) is 11.7. The number of nitrogens with one attached hydrogen (secondary N) is 1. The van der Waals surface area contributed by atoms with Crippen molar-refractivity contribution in [1.29, 1.82) is 0 Å². The van der Waals surface area contributed by atoms with E-state index in [1.807, 2.05) is 6.07 Å². The summed E-state index contributed by atoms with van der Waals surface area (Å²) in [6.45, 7) is 0.763. The van der Waals surface area contributed by atoms with Crippen molar-refractivity contribution in [3.05, 3.63) is 47.7 Å². The highest BCUT2D eigenvalue weighted by Gasteiger charge is 2.39. The van der Waals surface area contributed by atoms with Gasteiger partial charge in [-0.2, -0.15) is 4.68 Å². The number of H-pyrrole nitrogens is 1. The van der Waals surface area contributed by atoms with Crippen LogP contribution in [0.25, 0.3) is 11.5 Å². The zero-order chi connectivity index (χ0) is 18.4. The maximum absolute atomic E-state index is 12.8. The second-order valence-corrected chi connectivity index (χ2v) is 7.28. The highest BCUT2D eigenvalue weighted by Crippen LogP contribution is 2.40. The van der Waals surface area contributed by atoms with Gasteiger partial charge in [-0.15, -0.1) is 0 Å². The largest absolute Gasteiger partial charge is 0.393 e. The van der Waals surface area contributed by atoms with Crippen molar-refractivity contribution < 1.29 is 5.11 Å². The van der Waals surface area contributed by atoms with E-state index < -0.39 is 0 Å². The van der Waals surface area contributed by atoms with E-state index in [-0.39, 0.29) is 11.7 Å². The SMILES string of the molecule is O=c1c(-n2ccnc2)c[nH]n1-c1cc(N2CC[C@H](O)C[C@@H]3CCC32)ncn1. The number of hydrogen-bond donors (Lipinski definition) is 2. The molecule has 140 valence electrons. The predicted molar refractivity (Wildman–Crippen MR) is 98.2 cm³/mol. The zero-order valence-corrected chi connectivity index (χ0v) is 14.8. The first kappa shape index (κ1) is 16.2. The van der Waals surface area contributed by atoms with Gasteiger partial charge in [0.05, 0.1) is 12.4 Å². The summed E-state index contributed by atoms with van der Waals surface area (Å²) in [5.41, 5.74) is 0.273. The molecule has 0 amide bonds. The van der Waals surface area contributed by atoms with Crippen molar-refractivity contribution >= 4 is 5.82 Å². The molecule has 0 spiro atoms. The van der Waals surface area contributed by atoms with E-state index in [9.17, 15) is 9.90 Å². The van der Waals surface area contributed by atoms with Gasteiger partial charge in [0.25, 0.3) is 5.56 Å². The number of anilines is 1. The second-order valence-electron chi connectivity index (χ2n) is 7.28. The summed E-state index contributed by atoms with van der Waals surface area (Å²) in [4.78, 5) is 27.7. The van der Waals surface area contributed by atoms with Gasteiger partial charge in [0, 0.05) is 37.2 Å². The average Bonchev–Trinajstić information content (AvgIpc) is 3.29. The Morgan fingerprint density at radius 3 is 2.85 bits per heavy atom. The van der Waals surface area contributed by atoms with Crippen molar-refractivity contribution in [1.82, 2.24) is 29.3 Å². The Morgan fingerprint density at radius 2 is 2.07 bits per heavy atom. The van der Waals surface area contributed by atoms with E-state index in [0.29, 0.717) is 23.5 Å². The molecule has 5 rings (SSSR count). The molecule has 9 heteroatoms. The first-order chi connectivity index (χ1) is 13.2. The van der Waals surface area contributed by atoms with Crippen molar-refractivity contribution in [3.63, 3.8) is 0 Å². The Labute approximate surface area is 155 Å². The van der Waals surface area contributed by atoms with Gasteiger partial charge >= 0.3 is 0 Å². The van der Waals surface area contributed by atoms with E-state index in [2.05, 4.69) is 25.0 Å². The van der Waals surface area contributed by atoms with Crippen LogP contribution in [0, 0.1) is 5.92 Å². The molecule has 1 aliphatic carbocycles. The second kappa shape index (κ2) is 6.34. The van der Waals surface area contributed by atoms with E-state index >= 15 is 0 Å². The monoisotopic (exact) mass is 367 g/mol. The minimum atomic E-state index is -0.243. The fourth-order valence-corrected chi connectivity index (χ4v) is 4.18. The summed E-state index contributed by atoms with van der Waals surface area (Å²) in [5.74, 6) is 1.81. The number of aromatic nitrogens is 6. The van der Waals surface area contributed by atoms with Gasteiger partial charge in [0.1, 0.15) is 17.8 Å². The van der Waals surface area contributed by atoms with Crippen LogP contribution in [0.15, 0.2) is 42.1 Å². The Morgan fingerprint density at radius 1 is 1.19 bits per heavy atom. The number of imidazole rings is 1. The van der Waals surface area contributed by atoms with Crippen LogP contribution in [0.3, 0.4) is 0 Å². The Bertz CT molecular complexity index is 993. The lowest BCUT2D eigenvalue weighted by Gasteiger charge is -2.43. The first-order valence-corrected chi connectivity index (χ1v) is 9.26. The molecule has 3 atom stereocenters. The number of aliphatic hydroxyl groups excluding tert-OH is 1. The fourth-order valence-electron chi connectivity index (χ4n) is 4.18. The molecule has 3 aromatic rings. The third-order valence-electron chi connectivity index (χ3n) is 5.75. The molecule has 2 N–H and O–H groups in total. The molecule has 1 unspecified atom stereocenters. The number of aliphatic hydroxyl groups is 1. The molecule has 1 aliphatic heterocycles. The van der Waals surface area contributed by atoms with Crippen molar-refractivity contribution in [2.24, 2.45) is 5.92 Å². The highest BCUT2D eigenvalue weighted by atomic mass is 16.3. The molecule has 2 fully saturated rings. The fraction of sp³-hybridized carbons (Fsp3) is 0.444. The number of nitrogens with zero attached hydrogens (tertiary/aromatic N) is 6.